The lowest BCUT2D eigenvalue weighted by molar-refractivity contribution is -0.153. The Morgan fingerprint density at radius 3 is 2.32 bits per heavy atom. The molecule has 1 fully saturated rings. The van der Waals surface area contributed by atoms with Crippen LogP contribution in [0, 0.1) is 5.41 Å². The first-order valence-corrected chi connectivity index (χ1v) is 6.69. The van der Waals surface area contributed by atoms with E-state index in [-0.39, 0.29) is 30.6 Å². The molecule has 0 saturated heterocycles. The molecule has 1 aliphatic rings. The second-order valence-corrected chi connectivity index (χ2v) is 5.50. The Balaban J connectivity index is 2.16. The van der Waals surface area contributed by atoms with Gasteiger partial charge in [0.2, 0.25) is 0 Å². The van der Waals surface area contributed by atoms with Crippen LogP contribution in [0.2, 0.25) is 0 Å². The van der Waals surface area contributed by atoms with Crippen LogP contribution in [-0.4, -0.2) is 41.5 Å². The molecule has 1 saturated carbocycles. The van der Waals surface area contributed by atoms with Crippen molar-refractivity contribution >= 4 is 23.8 Å². The third kappa shape index (κ3) is 5.17. The highest BCUT2D eigenvalue weighted by Crippen LogP contribution is 2.40. The number of carbonyl (C=O) groups excluding carboxylic acids is 1. The van der Waals surface area contributed by atoms with E-state index in [9.17, 15) is 22.8 Å². The van der Waals surface area contributed by atoms with Gasteiger partial charge in [-0.2, -0.15) is 13.2 Å². The molecule has 1 rings (SSSR count). The van der Waals surface area contributed by atoms with Gasteiger partial charge in [-0.3, -0.25) is 4.79 Å². The van der Waals surface area contributed by atoms with E-state index in [2.05, 4.69) is 10.6 Å². The van der Waals surface area contributed by atoms with Gasteiger partial charge in [-0.15, -0.1) is 0 Å². The summed E-state index contributed by atoms with van der Waals surface area (Å²) in [5.74, 6) is -1.23. The number of thioether (sulfide) groups is 1. The summed E-state index contributed by atoms with van der Waals surface area (Å²) in [4.78, 5) is 22.3. The van der Waals surface area contributed by atoms with Gasteiger partial charge in [0.25, 0.3) is 0 Å². The lowest BCUT2D eigenvalue weighted by Gasteiger charge is -2.37. The Bertz CT molecular complexity index is 345. The van der Waals surface area contributed by atoms with Crippen molar-refractivity contribution in [1.29, 1.82) is 0 Å². The van der Waals surface area contributed by atoms with Gasteiger partial charge in [-0.05, 0) is 24.6 Å². The number of carboxylic acids is 1. The van der Waals surface area contributed by atoms with Gasteiger partial charge in [-0.1, -0.05) is 6.42 Å². The molecule has 0 unspecified atom stereocenters. The molecule has 2 amide bonds. The van der Waals surface area contributed by atoms with Crippen molar-refractivity contribution in [2.24, 2.45) is 5.41 Å². The minimum Gasteiger partial charge on any atom is -0.481 e. The summed E-state index contributed by atoms with van der Waals surface area (Å²) in [6.07, 6.45) is 1.82. The minimum absolute atomic E-state index is 0.000576. The fourth-order valence-electron chi connectivity index (χ4n) is 1.71. The third-order valence-corrected chi connectivity index (χ3v) is 3.74. The Labute approximate surface area is 112 Å². The Morgan fingerprint density at radius 2 is 1.89 bits per heavy atom. The number of halogens is 3. The monoisotopic (exact) mass is 300 g/mol. The zero-order chi connectivity index (χ0) is 14.5. The molecule has 0 spiro atoms. The highest BCUT2D eigenvalue weighted by Gasteiger charge is 2.44. The lowest BCUT2D eigenvalue weighted by atomic mass is 9.69. The molecule has 0 bridgehead atoms. The van der Waals surface area contributed by atoms with Crippen molar-refractivity contribution in [3.05, 3.63) is 0 Å². The van der Waals surface area contributed by atoms with Crippen molar-refractivity contribution in [2.75, 3.05) is 18.8 Å². The molecular formula is C10H15F3N2O3S. The first-order valence-electron chi connectivity index (χ1n) is 5.71. The number of rotatable bonds is 6. The highest BCUT2D eigenvalue weighted by molar-refractivity contribution is 8.00. The molecule has 0 heterocycles. The average molecular weight is 300 g/mol. The van der Waals surface area contributed by atoms with E-state index in [1.165, 1.54) is 0 Å². The molecular weight excluding hydrogens is 285 g/mol. The fraction of sp³-hybridized carbons (Fsp3) is 0.800. The number of alkyl halides is 3. The van der Waals surface area contributed by atoms with E-state index in [0.717, 1.165) is 6.42 Å². The Kier molecular flexibility index (Phi) is 5.33. The highest BCUT2D eigenvalue weighted by atomic mass is 32.2. The van der Waals surface area contributed by atoms with E-state index in [4.69, 9.17) is 5.11 Å². The van der Waals surface area contributed by atoms with E-state index >= 15 is 0 Å². The molecule has 110 valence electrons. The van der Waals surface area contributed by atoms with Gasteiger partial charge < -0.3 is 15.7 Å². The van der Waals surface area contributed by atoms with E-state index in [1.807, 2.05) is 0 Å². The zero-order valence-electron chi connectivity index (χ0n) is 10.0. The van der Waals surface area contributed by atoms with Crippen LogP contribution in [0.1, 0.15) is 19.3 Å². The van der Waals surface area contributed by atoms with Gasteiger partial charge in [0.1, 0.15) is 0 Å². The van der Waals surface area contributed by atoms with Crippen LogP contribution in [0.25, 0.3) is 0 Å². The first-order chi connectivity index (χ1) is 8.75. The molecule has 3 N–H and O–H groups in total. The number of amides is 2. The van der Waals surface area contributed by atoms with Crippen molar-refractivity contribution < 1.29 is 27.9 Å². The number of carboxylic acid groups (broad SMARTS) is 1. The predicted octanol–water partition coefficient (Wildman–Crippen LogP) is 1.79. The second kappa shape index (κ2) is 6.36. The molecule has 0 radical (unpaired) electrons. The summed E-state index contributed by atoms with van der Waals surface area (Å²) >= 11 is -0.217. The Morgan fingerprint density at radius 1 is 1.26 bits per heavy atom. The van der Waals surface area contributed by atoms with Crippen LogP contribution in [0.4, 0.5) is 18.0 Å². The maximum Gasteiger partial charge on any atom is 0.441 e. The van der Waals surface area contributed by atoms with Crippen LogP contribution >= 0.6 is 11.8 Å². The number of carbonyl (C=O) groups is 2. The van der Waals surface area contributed by atoms with Gasteiger partial charge in [-0.25, -0.2) is 4.79 Å². The van der Waals surface area contributed by atoms with E-state index in [1.54, 1.807) is 0 Å². The molecule has 0 aromatic rings. The van der Waals surface area contributed by atoms with E-state index in [0.29, 0.717) is 12.8 Å². The number of hydrogen-bond acceptors (Lipinski definition) is 3. The molecule has 0 aliphatic heterocycles. The topological polar surface area (TPSA) is 78.4 Å². The maximum absolute atomic E-state index is 11.8. The summed E-state index contributed by atoms with van der Waals surface area (Å²) in [5.41, 5.74) is -5.21. The summed E-state index contributed by atoms with van der Waals surface area (Å²) in [7, 11) is 0. The maximum atomic E-state index is 11.8. The molecule has 0 aromatic heterocycles. The summed E-state index contributed by atoms with van der Waals surface area (Å²) in [5, 5.41) is 13.6. The van der Waals surface area contributed by atoms with Crippen molar-refractivity contribution in [1.82, 2.24) is 10.6 Å². The molecule has 9 heteroatoms. The molecule has 5 nitrogen and oxygen atoms in total. The van der Waals surface area contributed by atoms with Crippen molar-refractivity contribution in [3.8, 4) is 0 Å². The quantitative estimate of drug-likeness (QED) is 0.654. The standard InChI is InChI=1S/C10H15F3N2O3S/c11-10(12,13)19-5-4-14-8(18)15-6-9(7(16)17)2-1-3-9/h1-6H2,(H,16,17)(H2,14,15,18). The van der Waals surface area contributed by atoms with Gasteiger partial charge in [0.05, 0.1) is 5.41 Å². The van der Waals surface area contributed by atoms with Crippen LogP contribution < -0.4 is 10.6 Å². The van der Waals surface area contributed by atoms with Crippen molar-refractivity contribution in [2.45, 2.75) is 24.8 Å². The zero-order valence-corrected chi connectivity index (χ0v) is 10.9. The smallest absolute Gasteiger partial charge is 0.441 e. The van der Waals surface area contributed by atoms with Gasteiger partial charge >= 0.3 is 17.5 Å². The van der Waals surface area contributed by atoms with Gasteiger partial charge in [0.15, 0.2) is 0 Å². The minimum atomic E-state index is -4.31. The number of nitrogens with one attached hydrogen (secondary N) is 2. The molecule has 1 aliphatic carbocycles. The summed E-state index contributed by atoms with van der Waals surface area (Å²) in [6.45, 7) is -0.128. The lowest BCUT2D eigenvalue weighted by Crippen LogP contribution is -2.50. The number of hydrogen-bond donors (Lipinski definition) is 3. The fourth-order valence-corrected chi connectivity index (χ4v) is 2.15. The second-order valence-electron chi connectivity index (χ2n) is 4.34. The van der Waals surface area contributed by atoms with Gasteiger partial charge in [0, 0.05) is 18.8 Å². The normalized spacial score (nSPS) is 17.4. The SMILES string of the molecule is O=C(NCCSC(F)(F)F)NCC1(C(=O)O)CCC1. The molecule has 0 atom stereocenters. The van der Waals surface area contributed by atoms with E-state index < -0.39 is 22.9 Å². The van der Waals surface area contributed by atoms with Crippen LogP contribution in [0.5, 0.6) is 0 Å². The van der Waals surface area contributed by atoms with Crippen LogP contribution in [0.15, 0.2) is 0 Å². The third-order valence-electron chi connectivity index (χ3n) is 3.01. The number of aliphatic carboxylic acids is 1. The predicted molar refractivity (Wildman–Crippen MR) is 63.8 cm³/mol. The first kappa shape index (κ1) is 15.9. The largest absolute Gasteiger partial charge is 0.481 e. The van der Waals surface area contributed by atoms with Crippen molar-refractivity contribution in [3.63, 3.8) is 0 Å². The molecule has 0 aromatic carbocycles. The summed E-state index contributed by atoms with van der Waals surface area (Å²) in [6, 6.07) is -0.643. The molecule has 19 heavy (non-hydrogen) atoms. The summed E-state index contributed by atoms with van der Waals surface area (Å²) < 4.78 is 35.4. The van der Waals surface area contributed by atoms with Crippen LogP contribution in [-0.2, 0) is 4.79 Å². The van der Waals surface area contributed by atoms with Crippen LogP contribution in [0.3, 0.4) is 0 Å². The Hall–Kier alpha value is -1.12. The average Bonchev–Trinajstić information content (AvgIpc) is 2.21. The number of urea groups is 1.